The predicted molar refractivity (Wildman–Crippen MR) is 101 cm³/mol. The van der Waals surface area contributed by atoms with Crippen molar-refractivity contribution in [2.24, 2.45) is 7.05 Å². The molecule has 0 unspecified atom stereocenters. The van der Waals surface area contributed by atoms with Crippen LogP contribution in [0.3, 0.4) is 0 Å². The van der Waals surface area contributed by atoms with Crippen molar-refractivity contribution in [2.75, 3.05) is 31.6 Å². The summed E-state index contributed by atoms with van der Waals surface area (Å²) in [5, 5.41) is 2.77. The fraction of sp³-hybridized carbons (Fsp3) is 0.389. The molecular formula is C18H23N3O5S. The maximum Gasteiger partial charge on any atom is 0.272 e. The van der Waals surface area contributed by atoms with Crippen LogP contribution in [0.2, 0.25) is 0 Å². The fourth-order valence-electron chi connectivity index (χ4n) is 2.93. The minimum atomic E-state index is -3.63. The zero-order valence-corrected chi connectivity index (χ0v) is 16.4. The zero-order chi connectivity index (χ0) is 19.6. The van der Waals surface area contributed by atoms with Crippen molar-refractivity contribution in [3.63, 3.8) is 0 Å². The van der Waals surface area contributed by atoms with Crippen LogP contribution in [0, 0.1) is 0 Å². The Kier molecular flexibility index (Phi) is 5.43. The molecule has 0 spiro atoms. The Morgan fingerprint density at radius 1 is 1.15 bits per heavy atom. The van der Waals surface area contributed by atoms with Gasteiger partial charge in [-0.25, -0.2) is 8.42 Å². The number of aryl methyl sites for hydroxylation is 1. The number of carbonyl (C=O) groups is 1. The Hall–Kier alpha value is -2.52. The average Bonchev–Trinajstić information content (AvgIpc) is 3.05. The van der Waals surface area contributed by atoms with E-state index < -0.39 is 15.9 Å². The van der Waals surface area contributed by atoms with Crippen LogP contribution < -0.4 is 14.8 Å². The van der Waals surface area contributed by atoms with Crippen molar-refractivity contribution in [1.29, 1.82) is 0 Å². The smallest absolute Gasteiger partial charge is 0.272 e. The molecular weight excluding hydrogens is 370 g/mol. The first-order chi connectivity index (χ1) is 12.9. The molecule has 2 heterocycles. The summed E-state index contributed by atoms with van der Waals surface area (Å²) in [6, 6.07) is 6.51. The van der Waals surface area contributed by atoms with Gasteiger partial charge in [-0.15, -0.1) is 0 Å². The lowest BCUT2D eigenvalue weighted by atomic mass is 10.2. The Morgan fingerprint density at radius 3 is 2.48 bits per heavy atom. The van der Waals surface area contributed by atoms with Gasteiger partial charge >= 0.3 is 0 Å². The Morgan fingerprint density at radius 2 is 1.81 bits per heavy atom. The number of aromatic nitrogens is 1. The van der Waals surface area contributed by atoms with Crippen LogP contribution in [0.4, 0.5) is 5.69 Å². The first-order valence-corrected chi connectivity index (χ1v) is 10.2. The molecule has 8 nitrogen and oxygen atoms in total. The molecule has 2 aromatic rings. The van der Waals surface area contributed by atoms with Gasteiger partial charge < -0.3 is 19.4 Å². The minimum absolute atomic E-state index is 0.0982. The number of benzene rings is 1. The van der Waals surface area contributed by atoms with Crippen molar-refractivity contribution in [1.82, 2.24) is 8.87 Å². The second kappa shape index (κ2) is 7.61. The predicted octanol–water partition coefficient (Wildman–Crippen LogP) is 2.08. The molecule has 1 aromatic heterocycles. The van der Waals surface area contributed by atoms with Gasteiger partial charge in [0.2, 0.25) is 10.0 Å². The number of ether oxygens (including phenoxy) is 2. The van der Waals surface area contributed by atoms with Crippen molar-refractivity contribution >= 4 is 21.6 Å². The molecule has 1 N–H and O–H groups in total. The van der Waals surface area contributed by atoms with E-state index in [9.17, 15) is 13.2 Å². The number of fused-ring (bicyclic) bond motifs is 1. The van der Waals surface area contributed by atoms with Gasteiger partial charge in [0.05, 0.1) is 0 Å². The second-order valence-corrected chi connectivity index (χ2v) is 8.01. The number of amides is 1. The van der Waals surface area contributed by atoms with Crippen LogP contribution in [-0.2, 0) is 17.1 Å². The fourth-order valence-corrected chi connectivity index (χ4v) is 4.46. The van der Waals surface area contributed by atoms with E-state index in [1.165, 1.54) is 21.1 Å². The van der Waals surface area contributed by atoms with E-state index >= 15 is 0 Å². The first-order valence-electron chi connectivity index (χ1n) is 8.74. The SMILES string of the molecule is CCN(CC)S(=O)(=O)c1cc(C(=O)Nc2ccc3c(c2)OCCO3)n(C)c1. The maximum absolute atomic E-state index is 12.7. The summed E-state index contributed by atoms with van der Waals surface area (Å²) in [5.41, 5.74) is 0.786. The van der Waals surface area contributed by atoms with Crippen LogP contribution >= 0.6 is 0 Å². The molecule has 0 aliphatic carbocycles. The number of hydrogen-bond donors (Lipinski definition) is 1. The molecule has 0 saturated carbocycles. The monoisotopic (exact) mass is 393 g/mol. The molecule has 1 aromatic carbocycles. The van der Waals surface area contributed by atoms with E-state index in [0.29, 0.717) is 43.5 Å². The van der Waals surface area contributed by atoms with Crippen molar-refractivity contribution in [3.05, 3.63) is 36.2 Å². The highest BCUT2D eigenvalue weighted by Gasteiger charge is 2.25. The molecule has 3 rings (SSSR count). The number of nitrogens with zero attached hydrogens (tertiary/aromatic N) is 2. The molecule has 0 bridgehead atoms. The summed E-state index contributed by atoms with van der Waals surface area (Å²) in [4.78, 5) is 12.7. The van der Waals surface area contributed by atoms with Crippen molar-refractivity contribution < 1.29 is 22.7 Å². The molecule has 0 saturated heterocycles. The van der Waals surface area contributed by atoms with Gasteiger partial charge in [-0.2, -0.15) is 4.31 Å². The van der Waals surface area contributed by atoms with Crippen molar-refractivity contribution in [3.8, 4) is 11.5 Å². The van der Waals surface area contributed by atoms with Gasteiger partial charge in [0.15, 0.2) is 11.5 Å². The van der Waals surface area contributed by atoms with Gasteiger partial charge in [-0.3, -0.25) is 4.79 Å². The molecule has 0 radical (unpaired) electrons. The molecule has 146 valence electrons. The van der Waals surface area contributed by atoms with E-state index in [0.717, 1.165) is 0 Å². The first kappa shape index (κ1) is 19.2. The highest BCUT2D eigenvalue weighted by molar-refractivity contribution is 7.89. The normalized spacial score (nSPS) is 13.6. The van der Waals surface area contributed by atoms with E-state index in [1.54, 1.807) is 39.1 Å². The number of anilines is 1. The highest BCUT2D eigenvalue weighted by Crippen LogP contribution is 2.32. The number of rotatable bonds is 6. The van der Waals surface area contributed by atoms with Crippen LogP contribution in [0.15, 0.2) is 35.4 Å². The molecule has 9 heteroatoms. The third kappa shape index (κ3) is 3.79. The molecule has 0 atom stereocenters. The number of carbonyl (C=O) groups excluding carboxylic acids is 1. The van der Waals surface area contributed by atoms with E-state index in [-0.39, 0.29) is 10.6 Å². The van der Waals surface area contributed by atoms with Gasteiger partial charge in [0, 0.05) is 38.1 Å². The van der Waals surface area contributed by atoms with Crippen LogP contribution in [0.25, 0.3) is 0 Å². The van der Waals surface area contributed by atoms with Crippen molar-refractivity contribution in [2.45, 2.75) is 18.7 Å². The second-order valence-electron chi connectivity index (χ2n) is 6.07. The van der Waals surface area contributed by atoms with E-state index in [2.05, 4.69) is 5.32 Å². The highest BCUT2D eigenvalue weighted by atomic mass is 32.2. The summed E-state index contributed by atoms with van der Waals surface area (Å²) in [5.74, 6) is 0.789. The topological polar surface area (TPSA) is 89.9 Å². The van der Waals surface area contributed by atoms with Gasteiger partial charge in [-0.05, 0) is 18.2 Å². The lowest BCUT2D eigenvalue weighted by Crippen LogP contribution is -2.30. The molecule has 27 heavy (non-hydrogen) atoms. The Labute approximate surface area is 158 Å². The number of hydrogen-bond acceptors (Lipinski definition) is 5. The summed E-state index contributed by atoms with van der Waals surface area (Å²) in [6.45, 7) is 5.23. The largest absolute Gasteiger partial charge is 0.486 e. The zero-order valence-electron chi connectivity index (χ0n) is 15.6. The third-order valence-corrected chi connectivity index (χ3v) is 6.37. The number of sulfonamides is 1. The summed E-state index contributed by atoms with van der Waals surface area (Å²) < 4.78 is 39.1. The van der Waals surface area contributed by atoms with Crippen LogP contribution in [0.5, 0.6) is 11.5 Å². The van der Waals surface area contributed by atoms with E-state index in [1.807, 2.05) is 0 Å². The maximum atomic E-state index is 12.7. The minimum Gasteiger partial charge on any atom is -0.486 e. The van der Waals surface area contributed by atoms with Gasteiger partial charge in [0.1, 0.15) is 23.8 Å². The summed E-state index contributed by atoms with van der Waals surface area (Å²) in [7, 11) is -1.99. The molecule has 0 fully saturated rings. The third-order valence-electron chi connectivity index (χ3n) is 4.36. The molecule has 1 aliphatic rings. The lowest BCUT2D eigenvalue weighted by Gasteiger charge is -2.19. The molecule has 1 amide bonds. The van der Waals surface area contributed by atoms with Gasteiger partial charge in [-0.1, -0.05) is 13.8 Å². The quantitative estimate of drug-likeness (QED) is 0.812. The van der Waals surface area contributed by atoms with E-state index in [4.69, 9.17) is 9.47 Å². The van der Waals surface area contributed by atoms with Crippen LogP contribution in [0.1, 0.15) is 24.3 Å². The Balaban J connectivity index is 1.83. The standard InChI is InChI=1S/C18H23N3O5S/c1-4-21(5-2)27(23,24)14-11-15(20(3)12-14)18(22)19-13-6-7-16-17(10-13)26-9-8-25-16/h6-7,10-12H,4-5,8-9H2,1-3H3,(H,19,22). The summed E-state index contributed by atoms with van der Waals surface area (Å²) >= 11 is 0. The lowest BCUT2D eigenvalue weighted by molar-refractivity contribution is 0.101. The van der Waals surface area contributed by atoms with Crippen LogP contribution in [-0.4, -0.2) is 49.5 Å². The average molecular weight is 393 g/mol. The molecule has 1 aliphatic heterocycles. The van der Waals surface area contributed by atoms with Gasteiger partial charge in [0.25, 0.3) is 5.91 Å². The summed E-state index contributed by atoms with van der Waals surface area (Å²) in [6.07, 6.45) is 1.45. The number of nitrogens with one attached hydrogen (secondary N) is 1. The Bertz CT molecular complexity index is 948.